The largest absolute Gasteiger partial charge is 0.397 e. The van der Waals surface area contributed by atoms with Crippen molar-refractivity contribution in [1.29, 1.82) is 0 Å². The summed E-state index contributed by atoms with van der Waals surface area (Å²) >= 11 is 5.94. The molecule has 1 aromatic carbocycles. The summed E-state index contributed by atoms with van der Waals surface area (Å²) in [7, 11) is 0. The topological polar surface area (TPSA) is 77.0 Å². The first kappa shape index (κ1) is 17.8. The molecule has 1 aliphatic rings. The molecule has 0 bridgehead atoms. The lowest BCUT2D eigenvalue weighted by molar-refractivity contribution is 0.0767. The summed E-state index contributed by atoms with van der Waals surface area (Å²) in [5, 5.41) is 5.86. The number of nitrogens with two attached hydrogens (primary N) is 1. The molecule has 2 N–H and O–H groups in total. The van der Waals surface area contributed by atoms with Crippen molar-refractivity contribution in [2.45, 2.75) is 45.8 Å². The Morgan fingerprint density at radius 1 is 1.22 bits per heavy atom. The van der Waals surface area contributed by atoms with E-state index in [4.69, 9.17) is 22.3 Å². The van der Waals surface area contributed by atoms with Gasteiger partial charge in [-0.3, -0.25) is 4.79 Å². The number of unbranched alkanes of at least 4 members (excludes halogenated alkanes) is 2. The molecule has 0 unspecified atom stereocenters. The zero-order valence-corrected chi connectivity index (χ0v) is 16.0. The molecule has 3 aromatic rings. The van der Waals surface area contributed by atoms with Gasteiger partial charge in [0.05, 0.1) is 35.1 Å². The van der Waals surface area contributed by atoms with Crippen molar-refractivity contribution in [2.24, 2.45) is 0 Å². The van der Waals surface area contributed by atoms with Gasteiger partial charge in [-0.05, 0) is 24.1 Å². The van der Waals surface area contributed by atoms with Crippen molar-refractivity contribution >= 4 is 34.2 Å². The van der Waals surface area contributed by atoms with E-state index in [1.165, 1.54) is 0 Å². The minimum Gasteiger partial charge on any atom is -0.397 e. The van der Waals surface area contributed by atoms with E-state index in [-0.39, 0.29) is 5.91 Å². The third-order valence-corrected chi connectivity index (χ3v) is 5.25. The third-order valence-electron chi connectivity index (χ3n) is 5.00. The molecule has 3 heterocycles. The van der Waals surface area contributed by atoms with E-state index in [0.717, 1.165) is 48.1 Å². The first-order valence-corrected chi connectivity index (χ1v) is 9.64. The van der Waals surface area contributed by atoms with Crippen molar-refractivity contribution in [1.82, 2.24) is 19.7 Å². The molecule has 6 nitrogen and oxygen atoms in total. The minimum atomic E-state index is -0.0782. The van der Waals surface area contributed by atoms with E-state index in [9.17, 15) is 4.79 Å². The van der Waals surface area contributed by atoms with Crippen LogP contribution in [0.5, 0.6) is 0 Å². The minimum absolute atomic E-state index is 0.0782. The highest BCUT2D eigenvalue weighted by Gasteiger charge is 2.32. The Hall–Kier alpha value is -2.60. The van der Waals surface area contributed by atoms with E-state index >= 15 is 0 Å². The summed E-state index contributed by atoms with van der Waals surface area (Å²) < 4.78 is 1.90. The first-order chi connectivity index (χ1) is 13.1. The summed E-state index contributed by atoms with van der Waals surface area (Å²) in [5.74, 6) is -0.0782. The second-order valence-electron chi connectivity index (χ2n) is 6.95. The molecule has 2 aromatic heterocycles. The molecule has 0 atom stereocenters. The van der Waals surface area contributed by atoms with Crippen molar-refractivity contribution in [3.8, 4) is 0 Å². The predicted octanol–water partition coefficient (Wildman–Crippen LogP) is 4.01. The fourth-order valence-corrected chi connectivity index (χ4v) is 3.66. The number of hydrogen-bond acceptors (Lipinski definition) is 4. The van der Waals surface area contributed by atoms with Crippen molar-refractivity contribution in [3.05, 3.63) is 52.3 Å². The number of carbonyl (C=O) groups is 1. The highest BCUT2D eigenvalue weighted by Crippen LogP contribution is 2.33. The Balaban J connectivity index is 1.63. The molecule has 1 amide bonds. The van der Waals surface area contributed by atoms with E-state index < -0.39 is 0 Å². The molecule has 0 radical (unpaired) electrons. The van der Waals surface area contributed by atoms with Gasteiger partial charge >= 0.3 is 0 Å². The number of rotatable bonds is 6. The standard InChI is InChI=1S/C20H22ClN5O/c1-2-3-4-9-26-19-15(10-23-26)18(22)17-16(24-19)12-25(20(17)27)11-13-5-7-14(21)8-6-13/h5-8,10H,2-4,9,11-12H2,1H3,(H2,22,24). The number of nitrogen functional groups attached to an aromatic ring is 1. The van der Waals surface area contributed by atoms with E-state index in [1.54, 1.807) is 11.1 Å². The van der Waals surface area contributed by atoms with Gasteiger partial charge in [0.1, 0.15) is 0 Å². The quantitative estimate of drug-likeness (QED) is 0.652. The number of benzene rings is 1. The second kappa shape index (κ2) is 7.19. The molecular weight excluding hydrogens is 362 g/mol. The Labute approximate surface area is 162 Å². The molecule has 0 spiro atoms. The number of fused-ring (bicyclic) bond motifs is 2. The van der Waals surface area contributed by atoms with Crippen LogP contribution in [0, 0.1) is 0 Å². The lowest BCUT2D eigenvalue weighted by Crippen LogP contribution is -2.23. The Bertz CT molecular complexity index is 996. The number of aromatic nitrogens is 3. The number of aryl methyl sites for hydroxylation is 1. The lowest BCUT2D eigenvalue weighted by atomic mass is 10.1. The van der Waals surface area contributed by atoms with Crippen LogP contribution in [-0.2, 0) is 19.6 Å². The van der Waals surface area contributed by atoms with Gasteiger partial charge in [0.15, 0.2) is 5.65 Å². The molecule has 0 aliphatic carbocycles. The monoisotopic (exact) mass is 383 g/mol. The van der Waals surface area contributed by atoms with Gasteiger partial charge in [0, 0.05) is 18.1 Å². The molecule has 27 heavy (non-hydrogen) atoms. The molecule has 0 saturated heterocycles. The third kappa shape index (κ3) is 3.25. The number of hydrogen-bond donors (Lipinski definition) is 1. The number of halogens is 1. The molecule has 140 valence electrons. The molecule has 0 saturated carbocycles. The van der Waals surface area contributed by atoms with Crippen molar-refractivity contribution in [3.63, 3.8) is 0 Å². The number of carbonyl (C=O) groups excluding carboxylic acids is 1. The van der Waals surface area contributed by atoms with Gasteiger partial charge in [-0.15, -0.1) is 0 Å². The SMILES string of the molecule is CCCCCn1ncc2c(N)c3c(nc21)CN(Cc1ccc(Cl)cc1)C3=O. The van der Waals surface area contributed by atoms with Crippen molar-refractivity contribution < 1.29 is 4.79 Å². The van der Waals surface area contributed by atoms with Gasteiger partial charge in [0.25, 0.3) is 5.91 Å². The van der Waals surface area contributed by atoms with Gasteiger partial charge in [-0.25, -0.2) is 9.67 Å². The summed E-state index contributed by atoms with van der Waals surface area (Å²) in [4.78, 5) is 19.4. The maximum absolute atomic E-state index is 12.9. The van der Waals surface area contributed by atoms with E-state index in [2.05, 4.69) is 12.0 Å². The van der Waals surface area contributed by atoms with Crippen LogP contribution in [0.1, 0.15) is 47.8 Å². The predicted molar refractivity (Wildman–Crippen MR) is 106 cm³/mol. The molecular formula is C20H22ClN5O. The average molecular weight is 384 g/mol. The lowest BCUT2D eigenvalue weighted by Gasteiger charge is -2.15. The van der Waals surface area contributed by atoms with Crippen LogP contribution in [0.3, 0.4) is 0 Å². The molecule has 0 fully saturated rings. The zero-order valence-electron chi connectivity index (χ0n) is 15.3. The molecule has 7 heteroatoms. The van der Waals surface area contributed by atoms with Gasteiger partial charge in [-0.1, -0.05) is 43.5 Å². The fourth-order valence-electron chi connectivity index (χ4n) is 3.54. The summed E-state index contributed by atoms with van der Waals surface area (Å²) in [6.07, 6.45) is 5.07. The van der Waals surface area contributed by atoms with Crippen LogP contribution >= 0.6 is 11.6 Å². The number of nitrogens with zero attached hydrogens (tertiary/aromatic N) is 4. The Morgan fingerprint density at radius 2 is 2.00 bits per heavy atom. The van der Waals surface area contributed by atoms with Crippen molar-refractivity contribution in [2.75, 3.05) is 5.73 Å². The number of anilines is 1. The number of amides is 1. The van der Waals surface area contributed by atoms with Crippen LogP contribution in [0.2, 0.25) is 5.02 Å². The highest BCUT2D eigenvalue weighted by molar-refractivity contribution is 6.30. The fraction of sp³-hybridized carbons (Fsp3) is 0.350. The van der Waals surface area contributed by atoms with Crippen LogP contribution < -0.4 is 5.73 Å². The maximum atomic E-state index is 12.9. The van der Waals surface area contributed by atoms with Gasteiger partial charge < -0.3 is 10.6 Å². The first-order valence-electron chi connectivity index (χ1n) is 9.26. The second-order valence-corrected chi connectivity index (χ2v) is 7.38. The summed E-state index contributed by atoms with van der Waals surface area (Å²) in [5.41, 5.74) is 9.87. The average Bonchev–Trinajstić information content (AvgIpc) is 3.20. The zero-order chi connectivity index (χ0) is 19.0. The van der Waals surface area contributed by atoms with Crippen LogP contribution in [0.4, 0.5) is 5.69 Å². The Morgan fingerprint density at radius 3 is 2.74 bits per heavy atom. The van der Waals surface area contributed by atoms with Crippen LogP contribution in [0.15, 0.2) is 30.5 Å². The summed E-state index contributed by atoms with van der Waals surface area (Å²) in [6.45, 7) is 3.94. The van der Waals surface area contributed by atoms with E-state index in [0.29, 0.717) is 29.4 Å². The van der Waals surface area contributed by atoms with Crippen LogP contribution in [0.25, 0.3) is 11.0 Å². The Kier molecular flexibility index (Phi) is 4.74. The highest BCUT2D eigenvalue weighted by atomic mass is 35.5. The summed E-state index contributed by atoms with van der Waals surface area (Å²) in [6, 6.07) is 7.52. The van der Waals surface area contributed by atoms with Crippen LogP contribution in [-0.4, -0.2) is 25.6 Å². The van der Waals surface area contributed by atoms with Gasteiger partial charge in [0.2, 0.25) is 0 Å². The molecule has 1 aliphatic heterocycles. The van der Waals surface area contributed by atoms with E-state index in [1.807, 2.05) is 28.9 Å². The normalized spacial score (nSPS) is 13.6. The smallest absolute Gasteiger partial charge is 0.258 e. The maximum Gasteiger partial charge on any atom is 0.258 e. The number of pyridine rings is 1. The molecule has 4 rings (SSSR count). The van der Waals surface area contributed by atoms with Gasteiger partial charge in [-0.2, -0.15) is 5.10 Å².